The molecule has 7 nitrogen and oxygen atoms in total. The van der Waals surface area contributed by atoms with Crippen LogP contribution in [0.1, 0.15) is 0 Å². The maximum atomic E-state index is 6.23. The van der Waals surface area contributed by atoms with Crippen LogP contribution in [0.4, 0.5) is 0 Å². The van der Waals surface area contributed by atoms with Crippen LogP contribution in [-0.2, 0) is 0 Å². The number of fused-ring (bicyclic) bond motifs is 36. The molecule has 0 aliphatic carbocycles. The van der Waals surface area contributed by atoms with Gasteiger partial charge in [0.15, 0.2) is 5.82 Å². The van der Waals surface area contributed by atoms with Gasteiger partial charge in [0.2, 0.25) is 0 Å². The first-order valence-electron chi connectivity index (χ1n) is 48.2. The lowest BCUT2D eigenvalue weighted by atomic mass is 9.93. The van der Waals surface area contributed by atoms with E-state index >= 15 is 0 Å². The highest BCUT2D eigenvalue weighted by molar-refractivity contribution is 7.27. The normalized spacial score (nSPS) is 12.1. The van der Waals surface area contributed by atoms with E-state index < -0.39 is 0 Å². The Balaban J connectivity index is 0.000000100. The Hall–Kier alpha value is -17.7. The molecule has 0 fully saturated rings. The van der Waals surface area contributed by atoms with E-state index in [-0.39, 0.29) is 0 Å². The molecule has 0 aliphatic heterocycles. The number of hydrogen-bond donors (Lipinski definition) is 0. The number of para-hydroxylation sites is 6. The highest BCUT2D eigenvalue weighted by Gasteiger charge is 2.25. The van der Waals surface area contributed by atoms with Gasteiger partial charge in [0.1, 0.15) is 11.2 Å². The Bertz CT molecular complexity index is 11100. The van der Waals surface area contributed by atoms with Gasteiger partial charge in [-0.15, -0.1) is 45.3 Å². The van der Waals surface area contributed by atoms with E-state index in [0.717, 1.165) is 117 Å². The molecule has 32 rings (SSSR count). The molecule has 0 unspecified atom stereocenters. The predicted octanol–water partition coefficient (Wildman–Crippen LogP) is 38.3. The molecular formula is C132H74N6OS4. The molecule has 32 aromatic rings. The van der Waals surface area contributed by atoms with Crippen molar-refractivity contribution >= 4 is 278 Å². The summed E-state index contributed by atoms with van der Waals surface area (Å²) >= 11 is 7.43. The van der Waals surface area contributed by atoms with E-state index in [0.29, 0.717) is 0 Å². The van der Waals surface area contributed by atoms with Gasteiger partial charge >= 0.3 is 0 Å². The van der Waals surface area contributed by atoms with E-state index in [9.17, 15) is 0 Å². The predicted molar refractivity (Wildman–Crippen MR) is 613 cm³/mol. The topological polar surface area (TPSA) is 90.5 Å². The average molecular weight is 1890 g/mol. The van der Waals surface area contributed by atoms with Gasteiger partial charge in [-0.2, -0.15) is 0 Å². The summed E-state index contributed by atoms with van der Waals surface area (Å²) in [5, 5.41) is 36.4. The second kappa shape index (κ2) is 32.5. The maximum Gasteiger partial charge on any atom is 0.160 e. The molecule has 8 heterocycles. The average Bonchev–Trinajstić information content (AvgIpc) is 1.69. The molecule has 8 aromatic heterocycles. The first kappa shape index (κ1) is 81.3. The van der Waals surface area contributed by atoms with Gasteiger partial charge in [0, 0.05) is 136 Å². The molecule has 0 saturated heterocycles. The fourth-order valence-electron chi connectivity index (χ4n) is 22.4. The van der Waals surface area contributed by atoms with Crippen molar-refractivity contribution < 1.29 is 4.42 Å². The Kier molecular flexibility index (Phi) is 18.5. The zero-order valence-electron chi connectivity index (χ0n) is 76.4. The van der Waals surface area contributed by atoms with Crippen molar-refractivity contribution in [1.29, 1.82) is 0 Å². The third-order valence-corrected chi connectivity index (χ3v) is 33.8. The van der Waals surface area contributed by atoms with Crippen LogP contribution in [0.3, 0.4) is 0 Å². The molecule has 0 N–H and O–H groups in total. The number of hydrogen-bond acceptors (Lipinski definition) is 11. The van der Waals surface area contributed by atoms with Gasteiger partial charge in [-0.25, -0.2) is 29.9 Å². The number of benzene rings is 24. The summed E-state index contributed by atoms with van der Waals surface area (Å²) < 4.78 is 16.7. The van der Waals surface area contributed by atoms with E-state index in [1.54, 1.807) is 0 Å². The lowest BCUT2D eigenvalue weighted by Crippen LogP contribution is -1.95. The summed E-state index contributed by atoms with van der Waals surface area (Å²) in [6, 6.07) is 161. The smallest absolute Gasteiger partial charge is 0.160 e. The summed E-state index contributed by atoms with van der Waals surface area (Å²) in [6.45, 7) is 0. The molecule has 11 heteroatoms. The third-order valence-electron chi connectivity index (χ3n) is 29.1. The molecule has 0 atom stereocenters. The first-order chi connectivity index (χ1) is 70.8. The number of nitrogens with zero attached hydrogens (tertiary/aromatic N) is 6. The van der Waals surface area contributed by atoms with E-state index in [1.165, 1.54) is 194 Å². The quantitative estimate of drug-likeness (QED) is 0.147. The van der Waals surface area contributed by atoms with Crippen molar-refractivity contribution in [2.75, 3.05) is 0 Å². The van der Waals surface area contributed by atoms with Gasteiger partial charge < -0.3 is 4.42 Å². The van der Waals surface area contributed by atoms with Crippen molar-refractivity contribution in [2.45, 2.75) is 0 Å². The largest absolute Gasteiger partial charge is 0.456 e. The minimum Gasteiger partial charge on any atom is -0.456 e. The molecule has 0 aliphatic rings. The van der Waals surface area contributed by atoms with Gasteiger partial charge in [-0.1, -0.05) is 346 Å². The summed E-state index contributed by atoms with van der Waals surface area (Å²) in [5.41, 5.74) is 19.7. The second-order valence-corrected chi connectivity index (χ2v) is 41.4. The summed E-state index contributed by atoms with van der Waals surface area (Å²) in [6.07, 6.45) is 0. The molecule has 143 heavy (non-hydrogen) atoms. The summed E-state index contributed by atoms with van der Waals surface area (Å²) in [7, 11) is 0. The van der Waals surface area contributed by atoms with Gasteiger partial charge in [-0.3, -0.25) is 0 Å². The minimum absolute atomic E-state index is 0.744. The van der Waals surface area contributed by atoms with Crippen LogP contribution in [-0.4, -0.2) is 29.9 Å². The highest BCUT2D eigenvalue weighted by atomic mass is 32.1. The number of aromatic nitrogens is 6. The molecule has 0 radical (unpaired) electrons. The van der Waals surface area contributed by atoms with Crippen molar-refractivity contribution in [1.82, 2.24) is 29.9 Å². The van der Waals surface area contributed by atoms with Crippen LogP contribution >= 0.6 is 45.3 Å². The second-order valence-electron chi connectivity index (χ2n) is 37.2. The highest BCUT2D eigenvalue weighted by Crippen LogP contribution is 2.50. The molecule has 0 bridgehead atoms. The summed E-state index contributed by atoms with van der Waals surface area (Å²) in [4.78, 5) is 31.3. The van der Waals surface area contributed by atoms with E-state index in [2.05, 4.69) is 382 Å². The molecule has 0 spiro atoms. The van der Waals surface area contributed by atoms with Crippen LogP contribution in [0.15, 0.2) is 453 Å². The standard InChI is InChI=1S/C44H24N2OS.C44H24N2S2.C44H26N2S/c1-5-11-37-34(8-1)42-33-20-15-25-13-14-26-23-27(16-18-29(26)41(25)32(33)21-22-38(42)47-37)43-44(46-36-10-4-3-9-35(36)45-43)28-17-19-31-30-7-2-6-12-39(30)48-40(31)24-28;1-4-13-37-35(10-1)41(36-12-7-11-32-29-8-2-5-14-38(29)48-43(32)36)46-44(45-37)27-19-20-28-26(24-27)17-16-25-18-21-34-31(40(25)28)22-23-33-30-9-3-6-15-39(30)47-42(33)34;1-2-8-27(9-3-1)28-14-17-30(18-15-28)43-44(46-38-12-6-5-11-37(38)45-43)32-21-22-33-31(26-32)19-16-29-20-23-35-34(41(29)33)24-25-40-42(35)36-10-4-7-13-39(36)47-40/h2*1-24H;1-26H. The van der Waals surface area contributed by atoms with Crippen molar-refractivity contribution in [3.05, 3.63) is 449 Å². The molecular weight excluding hydrogens is 1810 g/mol. The zero-order valence-corrected chi connectivity index (χ0v) is 79.7. The van der Waals surface area contributed by atoms with Crippen LogP contribution in [0.2, 0.25) is 0 Å². The number of furan rings is 1. The van der Waals surface area contributed by atoms with Gasteiger partial charge in [0.05, 0.1) is 56.1 Å². The number of rotatable bonds is 7. The molecule has 0 saturated carbocycles. The first-order valence-corrected chi connectivity index (χ1v) is 51.5. The fraction of sp³-hybridized carbons (Fsp3) is 0. The van der Waals surface area contributed by atoms with Crippen LogP contribution < -0.4 is 0 Å². The van der Waals surface area contributed by atoms with Crippen LogP contribution in [0.25, 0.3) is 311 Å². The van der Waals surface area contributed by atoms with E-state index in [1.807, 2.05) is 112 Å². The Morgan fingerprint density at radius 3 is 1.12 bits per heavy atom. The third kappa shape index (κ3) is 13.2. The van der Waals surface area contributed by atoms with Gasteiger partial charge in [0.25, 0.3) is 0 Å². The molecule has 0 amide bonds. The zero-order chi connectivity index (χ0) is 93.6. The van der Waals surface area contributed by atoms with Crippen molar-refractivity contribution in [3.8, 4) is 78.8 Å². The fourth-order valence-corrected chi connectivity index (χ4v) is 27.2. The van der Waals surface area contributed by atoms with Gasteiger partial charge in [-0.05, 0) is 206 Å². The molecule has 24 aromatic carbocycles. The Morgan fingerprint density at radius 1 is 0.154 bits per heavy atom. The molecule has 662 valence electrons. The van der Waals surface area contributed by atoms with Crippen molar-refractivity contribution in [2.24, 2.45) is 0 Å². The Morgan fingerprint density at radius 2 is 0.510 bits per heavy atom. The van der Waals surface area contributed by atoms with E-state index in [4.69, 9.17) is 34.3 Å². The van der Waals surface area contributed by atoms with Crippen LogP contribution in [0.5, 0.6) is 0 Å². The Labute approximate surface area is 833 Å². The summed E-state index contributed by atoms with van der Waals surface area (Å²) in [5.74, 6) is 0.744. The lowest BCUT2D eigenvalue weighted by molar-refractivity contribution is 0.669. The monoisotopic (exact) mass is 1890 g/mol. The minimum atomic E-state index is 0.744. The SMILES string of the molecule is c1ccc(-c2ccc(-c3nc4ccccc4nc3-c3ccc4c(ccc5ccc6c(ccc7sc8ccccc8c76)c54)c3)cc2)cc1.c1ccc2c(-c3cccc4c3sc3ccccc34)nc(-c3ccc4c(ccc5ccc6c(ccc7c8ccccc8sc76)c54)c3)nc2c1.c1ccc2nc(-c3ccc4c(c3)sc3ccccc34)c(-c3ccc4c(ccc5ccc6c(ccc7oc8ccccc8c76)c54)c3)nc2c1. The van der Waals surface area contributed by atoms with Crippen LogP contribution in [0, 0.1) is 0 Å². The number of thiophene rings is 4. The maximum absolute atomic E-state index is 6.23. The lowest BCUT2D eigenvalue weighted by Gasteiger charge is -2.13. The van der Waals surface area contributed by atoms with Crippen molar-refractivity contribution in [3.63, 3.8) is 0 Å².